The van der Waals surface area contributed by atoms with E-state index in [-0.39, 0.29) is 0 Å². The first-order valence-electron chi connectivity index (χ1n) is 7.02. The minimum atomic E-state index is 1.02. The van der Waals surface area contributed by atoms with Gasteiger partial charge in [0.1, 0.15) is 11.2 Å². The van der Waals surface area contributed by atoms with Gasteiger partial charge in [-0.1, -0.05) is 31.4 Å². The van der Waals surface area contributed by atoms with Gasteiger partial charge in [0.05, 0.1) is 18.6 Å². The summed E-state index contributed by atoms with van der Waals surface area (Å²) < 4.78 is 4.41. The SMILES string of the molecule is C=C/C=C(\C(=C)C)n1c2ccccc2c2ccc[n+](C)c21. The van der Waals surface area contributed by atoms with Crippen LogP contribution in [0.25, 0.3) is 27.6 Å². The van der Waals surface area contributed by atoms with Gasteiger partial charge >= 0.3 is 0 Å². The van der Waals surface area contributed by atoms with E-state index in [1.54, 1.807) is 0 Å². The molecule has 0 unspecified atom stereocenters. The highest BCUT2D eigenvalue weighted by molar-refractivity contribution is 6.08. The van der Waals surface area contributed by atoms with Gasteiger partial charge in [0.15, 0.2) is 0 Å². The summed E-state index contributed by atoms with van der Waals surface area (Å²) in [6.45, 7) is 9.99. The molecule has 2 heteroatoms. The lowest BCUT2D eigenvalue weighted by atomic mass is 10.2. The van der Waals surface area contributed by atoms with Crippen LogP contribution in [0, 0.1) is 0 Å². The van der Waals surface area contributed by atoms with Crippen molar-refractivity contribution in [2.24, 2.45) is 7.05 Å². The van der Waals surface area contributed by atoms with E-state index in [1.165, 1.54) is 16.3 Å². The van der Waals surface area contributed by atoms with E-state index in [0.29, 0.717) is 0 Å². The van der Waals surface area contributed by atoms with Crippen molar-refractivity contribution in [1.82, 2.24) is 4.57 Å². The third-order valence-corrected chi connectivity index (χ3v) is 3.75. The molecule has 0 saturated heterocycles. The van der Waals surface area contributed by atoms with Crippen molar-refractivity contribution in [1.29, 1.82) is 0 Å². The van der Waals surface area contributed by atoms with Gasteiger partial charge in [0.2, 0.25) is 0 Å². The molecule has 0 spiro atoms. The van der Waals surface area contributed by atoms with Crippen molar-refractivity contribution < 1.29 is 4.57 Å². The number of allylic oxidation sites excluding steroid dienone is 4. The van der Waals surface area contributed by atoms with E-state index in [9.17, 15) is 0 Å². The smallest absolute Gasteiger partial charge is 0.236 e. The van der Waals surface area contributed by atoms with Crippen molar-refractivity contribution in [2.45, 2.75) is 6.92 Å². The summed E-state index contributed by atoms with van der Waals surface area (Å²) in [6, 6.07) is 12.7. The average Bonchev–Trinajstić information content (AvgIpc) is 2.81. The van der Waals surface area contributed by atoms with Crippen LogP contribution in [-0.2, 0) is 7.05 Å². The van der Waals surface area contributed by atoms with Gasteiger partial charge < -0.3 is 0 Å². The van der Waals surface area contributed by atoms with Gasteiger partial charge in [-0.15, -0.1) is 0 Å². The molecule has 1 aromatic carbocycles. The Bertz CT molecular complexity index is 894. The number of para-hydroxylation sites is 1. The Hall–Kier alpha value is -2.61. The third-order valence-electron chi connectivity index (χ3n) is 3.75. The molecule has 3 rings (SSSR count). The Kier molecular flexibility index (Phi) is 3.22. The van der Waals surface area contributed by atoms with E-state index >= 15 is 0 Å². The zero-order valence-electron chi connectivity index (χ0n) is 12.5. The molecule has 0 aliphatic rings. The number of nitrogens with zero attached hydrogens (tertiary/aromatic N) is 2. The Morgan fingerprint density at radius 1 is 1.14 bits per heavy atom. The lowest BCUT2D eigenvalue weighted by Crippen LogP contribution is -2.30. The molecular weight excluding hydrogens is 256 g/mol. The second-order valence-electron chi connectivity index (χ2n) is 5.28. The monoisotopic (exact) mass is 275 g/mol. The molecule has 21 heavy (non-hydrogen) atoms. The predicted molar refractivity (Wildman–Crippen MR) is 89.9 cm³/mol. The van der Waals surface area contributed by atoms with E-state index in [1.807, 2.05) is 19.1 Å². The minimum Gasteiger partial charge on any atom is -0.236 e. The maximum atomic E-state index is 4.13. The molecule has 0 aliphatic carbocycles. The molecule has 2 aromatic heterocycles. The zero-order valence-corrected chi connectivity index (χ0v) is 12.5. The Morgan fingerprint density at radius 3 is 2.57 bits per heavy atom. The molecular formula is C19H19N2+. The standard InChI is InChI=1S/C19H19N2/c1-5-9-17(14(2)3)21-18-12-7-6-10-15(18)16-11-8-13-20(4)19(16)21/h5-13H,1-2H2,3-4H3/q+1/b17-9+. The first-order chi connectivity index (χ1) is 10.1. The molecule has 0 saturated carbocycles. The predicted octanol–water partition coefficient (Wildman–Crippen LogP) is 4.22. The summed E-state index contributed by atoms with van der Waals surface area (Å²) in [6.07, 6.45) is 5.90. The van der Waals surface area contributed by atoms with Crippen LogP contribution in [0.4, 0.5) is 0 Å². The number of benzene rings is 1. The van der Waals surface area contributed by atoms with Crippen molar-refractivity contribution in [3.8, 4) is 0 Å². The van der Waals surface area contributed by atoms with Crippen LogP contribution in [0.3, 0.4) is 0 Å². The summed E-state index contributed by atoms with van der Waals surface area (Å²) >= 11 is 0. The van der Waals surface area contributed by atoms with Crippen LogP contribution in [-0.4, -0.2) is 4.57 Å². The molecule has 0 fully saturated rings. The van der Waals surface area contributed by atoms with Crippen molar-refractivity contribution in [3.05, 3.63) is 73.5 Å². The van der Waals surface area contributed by atoms with Gasteiger partial charge in [-0.2, -0.15) is 4.57 Å². The van der Waals surface area contributed by atoms with E-state index in [4.69, 9.17) is 0 Å². The molecule has 2 heterocycles. The largest absolute Gasteiger partial charge is 0.294 e. The van der Waals surface area contributed by atoms with Gasteiger partial charge in [-0.05, 0) is 42.8 Å². The van der Waals surface area contributed by atoms with Crippen LogP contribution in [0.1, 0.15) is 6.92 Å². The fourth-order valence-electron chi connectivity index (χ4n) is 2.87. The minimum absolute atomic E-state index is 1.02. The van der Waals surface area contributed by atoms with E-state index in [2.05, 4.69) is 71.9 Å². The first-order valence-corrected chi connectivity index (χ1v) is 7.02. The summed E-state index contributed by atoms with van der Waals surface area (Å²) in [5.41, 5.74) is 4.43. The van der Waals surface area contributed by atoms with E-state index in [0.717, 1.165) is 16.9 Å². The summed E-state index contributed by atoms with van der Waals surface area (Å²) in [4.78, 5) is 0. The van der Waals surface area contributed by atoms with Crippen molar-refractivity contribution in [3.63, 3.8) is 0 Å². The summed E-state index contributed by atoms with van der Waals surface area (Å²) in [5, 5.41) is 2.49. The normalized spacial score (nSPS) is 12.0. The lowest BCUT2D eigenvalue weighted by Gasteiger charge is -2.06. The summed E-state index contributed by atoms with van der Waals surface area (Å²) in [7, 11) is 2.07. The number of rotatable bonds is 3. The number of hydrogen-bond donors (Lipinski definition) is 0. The molecule has 0 N–H and O–H groups in total. The van der Waals surface area contributed by atoms with Crippen LogP contribution in [0.2, 0.25) is 0 Å². The van der Waals surface area contributed by atoms with Crippen LogP contribution < -0.4 is 4.57 Å². The second-order valence-corrected chi connectivity index (χ2v) is 5.28. The number of aryl methyl sites for hydroxylation is 1. The molecule has 3 aromatic rings. The maximum Gasteiger partial charge on any atom is 0.294 e. The lowest BCUT2D eigenvalue weighted by molar-refractivity contribution is -0.647. The molecule has 0 amide bonds. The van der Waals surface area contributed by atoms with E-state index < -0.39 is 0 Å². The number of fused-ring (bicyclic) bond motifs is 3. The molecule has 0 bridgehead atoms. The van der Waals surface area contributed by atoms with Gasteiger partial charge in [-0.25, -0.2) is 4.57 Å². The zero-order chi connectivity index (χ0) is 15.0. The Balaban J connectivity index is 2.57. The average molecular weight is 275 g/mol. The quantitative estimate of drug-likeness (QED) is 0.500. The van der Waals surface area contributed by atoms with Gasteiger partial charge in [0.25, 0.3) is 5.65 Å². The highest BCUT2D eigenvalue weighted by Crippen LogP contribution is 2.31. The topological polar surface area (TPSA) is 8.81 Å². The first kappa shape index (κ1) is 13.4. The van der Waals surface area contributed by atoms with Gasteiger partial charge in [-0.3, -0.25) is 0 Å². The molecule has 0 radical (unpaired) electrons. The molecule has 0 aliphatic heterocycles. The maximum absolute atomic E-state index is 4.13. The molecule has 0 atom stereocenters. The summed E-state index contributed by atoms with van der Waals surface area (Å²) in [5.74, 6) is 0. The highest BCUT2D eigenvalue weighted by Gasteiger charge is 2.22. The Morgan fingerprint density at radius 2 is 1.86 bits per heavy atom. The number of hydrogen-bond acceptors (Lipinski definition) is 0. The molecule has 2 nitrogen and oxygen atoms in total. The molecule has 104 valence electrons. The van der Waals surface area contributed by atoms with Crippen molar-refractivity contribution in [2.75, 3.05) is 0 Å². The highest BCUT2D eigenvalue weighted by atomic mass is 15.1. The number of aromatic nitrogens is 2. The van der Waals surface area contributed by atoms with Crippen LogP contribution in [0.5, 0.6) is 0 Å². The van der Waals surface area contributed by atoms with Gasteiger partial charge in [0, 0.05) is 5.39 Å². The third kappa shape index (κ3) is 2.00. The fraction of sp³-hybridized carbons (Fsp3) is 0.105. The fourth-order valence-corrected chi connectivity index (χ4v) is 2.87. The second kappa shape index (κ2) is 5.06. The van der Waals surface area contributed by atoms with Crippen LogP contribution >= 0.6 is 0 Å². The van der Waals surface area contributed by atoms with Crippen LogP contribution in [0.15, 0.2) is 73.5 Å². The number of pyridine rings is 1. The van der Waals surface area contributed by atoms with Crippen molar-refractivity contribution >= 4 is 27.6 Å². The Labute approximate surface area is 124 Å².